The fourth-order valence-corrected chi connectivity index (χ4v) is 3.20. The first kappa shape index (κ1) is 18.8. The third-order valence-corrected chi connectivity index (χ3v) is 4.58. The van der Waals surface area contributed by atoms with Crippen molar-refractivity contribution in [1.82, 2.24) is 30.1 Å². The molecule has 0 saturated carbocycles. The molecule has 0 unspecified atom stereocenters. The van der Waals surface area contributed by atoms with Gasteiger partial charge in [-0.1, -0.05) is 36.2 Å². The van der Waals surface area contributed by atoms with Crippen LogP contribution in [0.4, 0.5) is 0 Å². The molecule has 4 aromatic rings. The molecule has 8 nitrogen and oxygen atoms in total. The van der Waals surface area contributed by atoms with E-state index in [0.29, 0.717) is 34.3 Å². The van der Waals surface area contributed by atoms with Crippen molar-refractivity contribution in [2.75, 3.05) is 0 Å². The molecule has 1 aromatic carbocycles. The van der Waals surface area contributed by atoms with Crippen LogP contribution in [0.25, 0.3) is 17.1 Å². The molecular formula is C21H22N6O2. The molecule has 1 amide bonds. The molecule has 0 radical (unpaired) electrons. The molecule has 8 heteroatoms. The third-order valence-electron chi connectivity index (χ3n) is 4.58. The minimum Gasteiger partial charge on any atom is -0.345 e. The van der Waals surface area contributed by atoms with Crippen molar-refractivity contribution in [3.05, 3.63) is 64.9 Å². The van der Waals surface area contributed by atoms with Gasteiger partial charge >= 0.3 is 0 Å². The van der Waals surface area contributed by atoms with Crippen LogP contribution in [0, 0.1) is 13.8 Å². The summed E-state index contributed by atoms with van der Waals surface area (Å²) in [7, 11) is 0. The molecule has 0 aliphatic carbocycles. The number of nitrogens with zero attached hydrogens (tertiary/aromatic N) is 5. The molecule has 1 N–H and O–H groups in total. The molecule has 0 atom stereocenters. The Balaban J connectivity index is 1.58. The lowest BCUT2D eigenvalue weighted by atomic mass is 10.1. The molecule has 0 fully saturated rings. The smallest absolute Gasteiger partial charge is 0.261 e. The summed E-state index contributed by atoms with van der Waals surface area (Å²) >= 11 is 0. The van der Waals surface area contributed by atoms with Gasteiger partial charge in [0.25, 0.3) is 11.8 Å². The van der Waals surface area contributed by atoms with Gasteiger partial charge in [0.05, 0.1) is 12.1 Å². The number of aryl methyl sites for hydroxylation is 2. The maximum Gasteiger partial charge on any atom is 0.261 e. The van der Waals surface area contributed by atoms with E-state index in [2.05, 4.69) is 25.7 Å². The van der Waals surface area contributed by atoms with Gasteiger partial charge in [-0.05, 0) is 38.1 Å². The lowest BCUT2D eigenvalue weighted by molar-refractivity contribution is 0.0949. The monoisotopic (exact) mass is 390 g/mol. The van der Waals surface area contributed by atoms with Crippen molar-refractivity contribution in [2.24, 2.45) is 0 Å². The van der Waals surface area contributed by atoms with Gasteiger partial charge in [-0.2, -0.15) is 4.98 Å². The number of nitrogens with one attached hydrogen (secondary N) is 1. The topological polar surface area (TPSA) is 98.2 Å². The number of aromatic nitrogens is 5. The number of hydrogen-bond donors (Lipinski definition) is 1. The molecule has 4 rings (SSSR count). The molecular weight excluding hydrogens is 368 g/mol. The second-order valence-corrected chi connectivity index (χ2v) is 7.40. The van der Waals surface area contributed by atoms with Crippen molar-refractivity contribution < 1.29 is 9.32 Å². The highest BCUT2D eigenvalue weighted by molar-refractivity contribution is 5.94. The fraction of sp³-hybridized carbons (Fsp3) is 0.286. The Kier molecular flexibility index (Phi) is 4.84. The van der Waals surface area contributed by atoms with E-state index in [-0.39, 0.29) is 18.4 Å². The minimum absolute atomic E-state index is 0.150. The Labute approximate surface area is 168 Å². The molecule has 3 aromatic heterocycles. The molecule has 29 heavy (non-hydrogen) atoms. The quantitative estimate of drug-likeness (QED) is 0.560. The van der Waals surface area contributed by atoms with Crippen LogP contribution in [-0.2, 0) is 6.54 Å². The number of carbonyl (C=O) groups is 1. The van der Waals surface area contributed by atoms with Crippen LogP contribution in [0.5, 0.6) is 0 Å². The van der Waals surface area contributed by atoms with Crippen molar-refractivity contribution in [3.8, 4) is 11.5 Å². The summed E-state index contributed by atoms with van der Waals surface area (Å²) in [6, 6.07) is 9.49. The molecule has 0 spiro atoms. The van der Waals surface area contributed by atoms with Gasteiger partial charge in [0.15, 0.2) is 17.3 Å². The van der Waals surface area contributed by atoms with Crippen molar-refractivity contribution in [1.29, 1.82) is 0 Å². The minimum atomic E-state index is -0.150. The zero-order valence-corrected chi connectivity index (χ0v) is 16.8. The van der Waals surface area contributed by atoms with Crippen LogP contribution in [0.15, 0.2) is 41.1 Å². The lowest BCUT2D eigenvalue weighted by Crippen LogP contribution is -2.24. The average molecular weight is 390 g/mol. The Morgan fingerprint density at radius 3 is 2.62 bits per heavy atom. The highest BCUT2D eigenvalue weighted by Crippen LogP contribution is 2.24. The van der Waals surface area contributed by atoms with Gasteiger partial charge in [0.2, 0.25) is 0 Å². The average Bonchev–Trinajstić information content (AvgIpc) is 3.32. The van der Waals surface area contributed by atoms with Gasteiger partial charge in [-0.25, -0.2) is 0 Å². The van der Waals surface area contributed by atoms with Gasteiger partial charge in [-0.15, -0.1) is 10.2 Å². The van der Waals surface area contributed by atoms with E-state index < -0.39 is 0 Å². The summed E-state index contributed by atoms with van der Waals surface area (Å²) in [5, 5.41) is 15.4. The molecule has 3 heterocycles. The number of hydrogen-bond acceptors (Lipinski definition) is 6. The van der Waals surface area contributed by atoms with Gasteiger partial charge < -0.3 is 9.84 Å². The number of fused-ring (bicyclic) bond motifs is 1. The zero-order valence-electron chi connectivity index (χ0n) is 16.8. The Morgan fingerprint density at radius 1 is 1.17 bits per heavy atom. The first-order chi connectivity index (χ1) is 13.9. The molecule has 0 aliphatic rings. The van der Waals surface area contributed by atoms with E-state index in [4.69, 9.17) is 4.52 Å². The largest absolute Gasteiger partial charge is 0.345 e. The summed E-state index contributed by atoms with van der Waals surface area (Å²) in [6.45, 7) is 8.20. The van der Waals surface area contributed by atoms with Crippen molar-refractivity contribution >= 4 is 11.6 Å². The summed E-state index contributed by atoms with van der Waals surface area (Å²) in [6.07, 6.45) is 1.84. The van der Waals surface area contributed by atoms with E-state index in [0.717, 1.165) is 11.1 Å². The Morgan fingerprint density at radius 2 is 1.93 bits per heavy atom. The first-order valence-electron chi connectivity index (χ1n) is 9.45. The highest BCUT2D eigenvalue weighted by atomic mass is 16.5. The van der Waals surface area contributed by atoms with Gasteiger partial charge in [0, 0.05) is 17.7 Å². The number of pyridine rings is 1. The summed E-state index contributed by atoms with van der Waals surface area (Å²) in [5.41, 5.74) is 4.03. The van der Waals surface area contributed by atoms with E-state index in [9.17, 15) is 4.79 Å². The summed E-state index contributed by atoms with van der Waals surface area (Å²) < 4.78 is 7.21. The molecule has 0 bridgehead atoms. The highest BCUT2D eigenvalue weighted by Gasteiger charge is 2.17. The van der Waals surface area contributed by atoms with E-state index >= 15 is 0 Å². The molecule has 148 valence electrons. The van der Waals surface area contributed by atoms with Crippen molar-refractivity contribution in [3.63, 3.8) is 0 Å². The van der Waals surface area contributed by atoms with Gasteiger partial charge in [-0.3, -0.25) is 9.20 Å². The third kappa shape index (κ3) is 3.73. The molecule has 0 aliphatic heterocycles. The predicted molar refractivity (Wildman–Crippen MR) is 107 cm³/mol. The van der Waals surface area contributed by atoms with E-state index in [1.807, 2.05) is 68.6 Å². The Hall–Kier alpha value is -3.55. The maximum absolute atomic E-state index is 12.5. The van der Waals surface area contributed by atoms with E-state index in [1.165, 1.54) is 0 Å². The van der Waals surface area contributed by atoms with Crippen LogP contribution < -0.4 is 5.32 Å². The lowest BCUT2D eigenvalue weighted by Gasteiger charge is -2.07. The first-order valence-corrected chi connectivity index (χ1v) is 9.45. The number of benzene rings is 1. The number of amides is 1. The maximum atomic E-state index is 12.5. The standard InChI is InChI=1S/C21H22N6O2/c1-12(2)18-23-21(29-26-18)16-6-5-7-27-17(24-25-19(16)27)11-22-20(28)15-9-13(3)8-14(4)10-15/h5-10,12H,11H2,1-4H3,(H,22,28). The SMILES string of the molecule is Cc1cc(C)cc(C(=O)NCc2nnc3c(-c4nc(C(C)C)no4)cccn23)c1. The number of rotatable bonds is 5. The predicted octanol–water partition coefficient (Wildman–Crippen LogP) is 3.45. The number of carbonyl (C=O) groups excluding carboxylic acids is 1. The molecule has 0 saturated heterocycles. The summed E-state index contributed by atoms with van der Waals surface area (Å²) in [5.74, 6) is 1.67. The van der Waals surface area contributed by atoms with Crippen LogP contribution in [0.2, 0.25) is 0 Å². The van der Waals surface area contributed by atoms with E-state index in [1.54, 1.807) is 0 Å². The zero-order chi connectivity index (χ0) is 20.5. The normalized spacial score (nSPS) is 11.3. The second-order valence-electron chi connectivity index (χ2n) is 7.40. The summed E-state index contributed by atoms with van der Waals surface area (Å²) in [4.78, 5) is 17.0. The second kappa shape index (κ2) is 7.46. The van der Waals surface area contributed by atoms with Gasteiger partial charge in [0.1, 0.15) is 0 Å². The Bertz CT molecular complexity index is 1170. The fourth-order valence-electron chi connectivity index (χ4n) is 3.20. The van der Waals surface area contributed by atoms with Crippen molar-refractivity contribution in [2.45, 2.75) is 40.2 Å². The van der Waals surface area contributed by atoms with Crippen LogP contribution in [0.3, 0.4) is 0 Å². The van der Waals surface area contributed by atoms with Crippen LogP contribution in [-0.4, -0.2) is 30.6 Å². The van der Waals surface area contributed by atoms with Crippen LogP contribution in [0.1, 0.15) is 52.9 Å². The van der Waals surface area contributed by atoms with Crippen LogP contribution >= 0.6 is 0 Å².